The van der Waals surface area contributed by atoms with E-state index in [2.05, 4.69) is 10.0 Å². The summed E-state index contributed by atoms with van der Waals surface area (Å²) in [6.45, 7) is 8.94. The van der Waals surface area contributed by atoms with Crippen molar-refractivity contribution in [1.82, 2.24) is 14.6 Å². The Balaban J connectivity index is 2.15. The Bertz CT molecular complexity index is 1470. The molecule has 0 saturated heterocycles. The van der Waals surface area contributed by atoms with E-state index >= 15 is 4.39 Å². The van der Waals surface area contributed by atoms with Gasteiger partial charge in [0.15, 0.2) is 0 Å². The third-order valence-electron chi connectivity index (χ3n) is 7.79. The van der Waals surface area contributed by atoms with Crippen LogP contribution in [0.4, 0.5) is 17.6 Å². The van der Waals surface area contributed by atoms with Crippen molar-refractivity contribution in [3.63, 3.8) is 0 Å². The van der Waals surface area contributed by atoms with Gasteiger partial charge in [0, 0.05) is 23.5 Å². The van der Waals surface area contributed by atoms with E-state index in [1.807, 2.05) is 0 Å². The van der Waals surface area contributed by atoms with Crippen LogP contribution in [-0.4, -0.2) is 42.1 Å². The number of aliphatic carboxylic acids is 1. The van der Waals surface area contributed by atoms with E-state index < -0.39 is 55.4 Å². The number of aromatic nitrogens is 1. The number of carbonyl (C=O) groups is 2. The van der Waals surface area contributed by atoms with E-state index in [1.54, 1.807) is 0 Å². The molecule has 0 radical (unpaired) electrons. The number of hydrogen-bond donors (Lipinski definition) is 3. The zero-order valence-corrected chi connectivity index (χ0v) is 26.2. The molecule has 0 unspecified atom stereocenters. The standard InChI is InChI=1S/C30H41F4N3O5S/c1-18-22(16-19-10-8-7-9-11-19)37(25(31)24(18)26(38)35-15-14-29(5,6)27(39)40)20-12-13-23(21(17-20)30(32,33)34)43(41,42)36-28(2,3)4/h12-13,17,19,36H,7-11,14-16H2,1-6H3,(H,35,38)(H,39,40). The SMILES string of the molecule is Cc1c(C(=O)NCCC(C)(C)C(=O)O)c(F)n(-c2ccc(S(=O)(=O)NC(C)(C)C)c(C(F)(F)F)c2)c1CC1CCCCC1. The van der Waals surface area contributed by atoms with Gasteiger partial charge in [-0.3, -0.25) is 14.2 Å². The molecule has 0 aliphatic heterocycles. The molecule has 3 rings (SSSR count). The van der Waals surface area contributed by atoms with Gasteiger partial charge in [0.05, 0.1) is 21.4 Å². The second-order valence-corrected chi connectivity index (χ2v) is 14.7. The summed E-state index contributed by atoms with van der Waals surface area (Å²) in [5, 5.41) is 11.9. The highest BCUT2D eigenvalue weighted by atomic mass is 32.2. The van der Waals surface area contributed by atoms with Crippen LogP contribution in [-0.2, 0) is 27.4 Å². The summed E-state index contributed by atoms with van der Waals surface area (Å²) >= 11 is 0. The van der Waals surface area contributed by atoms with Crippen molar-refractivity contribution in [2.45, 2.75) is 103 Å². The second kappa shape index (κ2) is 12.6. The van der Waals surface area contributed by atoms with Gasteiger partial charge in [-0.25, -0.2) is 13.1 Å². The van der Waals surface area contributed by atoms with E-state index in [9.17, 15) is 36.3 Å². The summed E-state index contributed by atoms with van der Waals surface area (Å²) < 4.78 is 88.2. The second-order valence-electron chi connectivity index (χ2n) is 13.0. The van der Waals surface area contributed by atoms with Crippen LogP contribution in [0.25, 0.3) is 5.69 Å². The maximum Gasteiger partial charge on any atom is 0.417 e. The molecule has 1 aliphatic rings. The summed E-state index contributed by atoms with van der Waals surface area (Å²) in [5.41, 5.74) is -3.68. The fraction of sp³-hybridized carbons (Fsp3) is 0.600. The molecule has 3 N–H and O–H groups in total. The number of halogens is 4. The number of alkyl halides is 3. The maximum atomic E-state index is 16.2. The Kier molecular flexibility index (Phi) is 10.1. The van der Waals surface area contributed by atoms with Crippen molar-refractivity contribution in [3.05, 3.63) is 46.5 Å². The first-order valence-corrected chi connectivity index (χ1v) is 15.8. The lowest BCUT2D eigenvalue weighted by atomic mass is 9.85. The number of carboxylic acid groups (broad SMARTS) is 1. The molecule has 13 heteroatoms. The number of carbonyl (C=O) groups excluding carboxylic acids is 1. The Labute approximate surface area is 250 Å². The smallest absolute Gasteiger partial charge is 0.417 e. The average molecular weight is 632 g/mol. The summed E-state index contributed by atoms with van der Waals surface area (Å²) in [6, 6.07) is 2.51. The Morgan fingerprint density at radius 3 is 2.19 bits per heavy atom. The van der Waals surface area contributed by atoms with Gasteiger partial charge in [-0.15, -0.1) is 0 Å². The van der Waals surface area contributed by atoms with Gasteiger partial charge in [0.25, 0.3) is 5.91 Å². The Morgan fingerprint density at radius 1 is 1.05 bits per heavy atom. The van der Waals surface area contributed by atoms with Gasteiger partial charge in [-0.05, 0) is 84.1 Å². The van der Waals surface area contributed by atoms with Crippen LogP contribution in [0.2, 0.25) is 0 Å². The minimum atomic E-state index is -5.09. The zero-order valence-electron chi connectivity index (χ0n) is 25.4. The third-order valence-corrected chi connectivity index (χ3v) is 9.60. The Hall–Kier alpha value is -2.93. The molecule has 0 bridgehead atoms. The third kappa shape index (κ3) is 8.17. The number of sulfonamides is 1. The number of carboxylic acids is 1. The van der Waals surface area contributed by atoms with E-state index in [1.165, 1.54) is 41.5 Å². The summed E-state index contributed by atoms with van der Waals surface area (Å²) in [5.74, 6) is -2.82. The minimum Gasteiger partial charge on any atom is -0.481 e. The quantitative estimate of drug-likeness (QED) is 0.263. The predicted molar refractivity (Wildman–Crippen MR) is 154 cm³/mol. The van der Waals surface area contributed by atoms with Gasteiger partial charge in [0.2, 0.25) is 16.0 Å². The van der Waals surface area contributed by atoms with Gasteiger partial charge >= 0.3 is 12.1 Å². The largest absolute Gasteiger partial charge is 0.481 e. The number of amides is 1. The normalized spacial score (nSPS) is 15.5. The van der Waals surface area contributed by atoms with Crippen LogP contribution in [0, 0.1) is 24.2 Å². The molecule has 1 aliphatic carbocycles. The lowest BCUT2D eigenvalue weighted by Gasteiger charge is -2.24. The minimum absolute atomic E-state index is 0.0638. The summed E-state index contributed by atoms with van der Waals surface area (Å²) in [4.78, 5) is 23.6. The molecule has 1 fully saturated rings. The molecule has 1 aromatic heterocycles. The van der Waals surface area contributed by atoms with Gasteiger partial charge in [-0.2, -0.15) is 17.6 Å². The van der Waals surface area contributed by atoms with Crippen molar-refractivity contribution in [2.24, 2.45) is 11.3 Å². The number of benzene rings is 1. The van der Waals surface area contributed by atoms with E-state index in [0.717, 1.165) is 48.8 Å². The molecule has 1 aromatic carbocycles. The van der Waals surface area contributed by atoms with Crippen molar-refractivity contribution >= 4 is 21.9 Å². The predicted octanol–water partition coefficient (Wildman–Crippen LogP) is 6.37. The summed E-state index contributed by atoms with van der Waals surface area (Å²) in [7, 11) is -4.60. The molecular formula is C30H41F4N3O5S. The van der Waals surface area contributed by atoms with Crippen molar-refractivity contribution in [3.8, 4) is 5.69 Å². The lowest BCUT2D eigenvalue weighted by Crippen LogP contribution is -2.41. The fourth-order valence-electron chi connectivity index (χ4n) is 5.39. The van der Waals surface area contributed by atoms with Crippen LogP contribution in [0.15, 0.2) is 23.1 Å². The molecule has 8 nitrogen and oxygen atoms in total. The highest BCUT2D eigenvalue weighted by molar-refractivity contribution is 7.89. The van der Waals surface area contributed by atoms with Gasteiger partial charge in [-0.1, -0.05) is 32.1 Å². The van der Waals surface area contributed by atoms with Gasteiger partial charge in [0.1, 0.15) is 0 Å². The molecule has 0 atom stereocenters. The first kappa shape index (κ1) is 34.6. The number of nitrogens with zero attached hydrogens (tertiary/aromatic N) is 1. The van der Waals surface area contributed by atoms with Crippen LogP contribution >= 0.6 is 0 Å². The van der Waals surface area contributed by atoms with E-state index in [4.69, 9.17) is 0 Å². The lowest BCUT2D eigenvalue weighted by molar-refractivity contribution is -0.147. The maximum absolute atomic E-state index is 16.2. The Morgan fingerprint density at radius 2 is 1.65 bits per heavy atom. The zero-order chi connectivity index (χ0) is 32.5. The van der Waals surface area contributed by atoms with E-state index in [-0.39, 0.29) is 35.7 Å². The molecule has 1 heterocycles. The van der Waals surface area contributed by atoms with Crippen LogP contribution < -0.4 is 10.0 Å². The molecule has 2 aromatic rings. The molecule has 1 amide bonds. The molecule has 0 spiro atoms. The fourth-order valence-corrected chi connectivity index (χ4v) is 7.02. The van der Waals surface area contributed by atoms with Crippen LogP contribution in [0.1, 0.15) is 100 Å². The number of nitrogens with one attached hydrogen (secondary N) is 2. The average Bonchev–Trinajstić information content (AvgIpc) is 3.11. The van der Waals surface area contributed by atoms with Crippen LogP contribution in [0.3, 0.4) is 0 Å². The monoisotopic (exact) mass is 631 g/mol. The molecule has 1 saturated carbocycles. The topological polar surface area (TPSA) is 118 Å². The number of rotatable bonds is 10. The molecule has 43 heavy (non-hydrogen) atoms. The highest BCUT2D eigenvalue weighted by Crippen LogP contribution is 2.38. The van der Waals surface area contributed by atoms with Crippen molar-refractivity contribution in [1.29, 1.82) is 0 Å². The summed E-state index contributed by atoms with van der Waals surface area (Å²) in [6.07, 6.45) is -0.0255. The van der Waals surface area contributed by atoms with E-state index in [0.29, 0.717) is 18.2 Å². The first-order valence-electron chi connectivity index (χ1n) is 14.3. The molecular weight excluding hydrogens is 590 g/mol. The highest BCUT2D eigenvalue weighted by Gasteiger charge is 2.39. The first-order chi connectivity index (χ1) is 19.7. The number of hydrogen-bond acceptors (Lipinski definition) is 4. The van der Waals surface area contributed by atoms with Crippen molar-refractivity contribution < 1.29 is 40.7 Å². The van der Waals surface area contributed by atoms with Gasteiger partial charge < -0.3 is 10.4 Å². The molecule has 240 valence electrons. The van der Waals surface area contributed by atoms with Crippen LogP contribution in [0.5, 0.6) is 0 Å². The van der Waals surface area contributed by atoms with Crippen molar-refractivity contribution in [2.75, 3.05) is 6.54 Å².